The number of rotatable bonds is 13. The molecule has 6 atom stereocenters. The molecule has 46 heavy (non-hydrogen) atoms. The van der Waals surface area contributed by atoms with Crippen LogP contribution in [0.3, 0.4) is 0 Å². The molecule has 0 bridgehead atoms. The van der Waals surface area contributed by atoms with Gasteiger partial charge in [-0.3, -0.25) is 24.3 Å². The van der Waals surface area contributed by atoms with Gasteiger partial charge in [-0.15, -0.1) is 0 Å². The van der Waals surface area contributed by atoms with Crippen molar-refractivity contribution in [2.45, 2.75) is 109 Å². The number of piperidine rings is 1. The lowest BCUT2D eigenvalue weighted by atomic mass is 9.72. The second-order valence-electron chi connectivity index (χ2n) is 14.1. The van der Waals surface area contributed by atoms with Crippen molar-refractivity contribution < 1.29 is 19.5 Å². The second-order valence-corrected chi connectivity index (χ2v) is 14.1. The molecular weight excluding hydrogens is 578 g/mol. The lowest BCUT2D eigenvalue weighted by Gasteiger charge is -2.47. The fourth-order valence-electron chi connectivity index (χ4n) is 6.84. The molecule has 3 amide bonds. The topological polar surface area (TPSA) is 124 Å². The number of aromatic nitrogens is 1. The van der Waals surface area contributed by atoms with Crippen molar-refractivity contribution in [3.05, 3.63) is 72.1 Å². The first-order chi connectivity index (χ1) is 22.0. The van der Waals surface area contributed by atoms with Crippen molar-refractivity contribution in [3.63, 3.8) is 0 Å². The van der Waals surface area contributed by atoms with Gasteiger partial charge in [-0.2, -0.15) is 0 Å². The Bertz CT molecular complexity index is 1300. The summed E-state index contributed by atoms with van der Waals surface area (Å²) >= 11 is 0. The summed E-state index contributed by atoms with van der Waals surface area (Å²) in [5.74, 6) is 0.293. The van der Waals surface area contributed by atoms with Gasteiger partial charge >= 0.3 is 0 Å². The van der Waals surface area contributed by atoms with E-state index in [1.165, 1.54) is 18.9 Å². The number of benzene rings is 1. The number of aliphatic hydroxyl groups excluding tert-OH is 1. The Balaban J connectivity index is 1.50. The molecule has 250 valence electrons. The van der Waals surface area contributed by atoms with E-state index in [0.717, 1.165) is 31.4 Å². The molecule has 2 heterocycles. The minimum Gasteiger partial charge on any atom is -0.390 e. The smallest absolute Gasteiger partial charge is 0.244 e. The Kier molecular flexibility index (Phi) is 12.9. The molecule has 1 aromatic heterocycles. The highest BCUT2D eigenvalue weighted by molar-refractivity contribution is 5.95. The molecule has 1 aliphatic carbocycles. The zero-order chi connectivity index (χ0) is 33.1. The maximum atomic E-state index is 13.7. The summed E-state index contributed by atoms with van der Waals surface area (Å²) in [5, 5.41) is 20.9. The summed E-state index contributed by atoms with van der Waals surface area (Å²) in [4.78, 5) is 46.4. The number of pyridine rings is 1. The van der Waals surface area contributed by atoms with Gasteiger partial charge in [0, 0.05) is 30.9 Å². The number of hydrogen-bond donors (Lipinski definition) is 4. The van der Waals surface area contributed by atoms with Gasteiger partial charge < -0.3 is 21.1 Å². The maximum Gasteiger partial charge on any atom is 0.244 e. The average Bonchev–Trinajstić information content (AvgIpc) is 3.03. The van der Waals surface area contributed by atoms with E-state index in [0.29, 0.717) is 36.8 Å². The van der Waals surface area contributed by atoms with Crippen LogP contribution < -0.4 is 16.0 Å². The number of carbonyl (C=O) groups is 3. The first-order valence-electron chi connectivity index (χ1n) is 17.0. The van der Waals surface area contributed by atoms with Gasteiger partial charge in [0.05, 0.1) is 23.9 Å². The molecule has 2 aliphatic rings. The molecule has 9 heteroatoms. The number of carbonyl (C=O) groups excluding carboxylic acids is 3. The highest BCUT2D eigenvalue weighted by Crippen LogP contribution is 2.39. The van der Waals surface area contributed by atoms with Crippen molar-refractivity contribution in [2.24, 2.45) is 11.8 Å². The van der Waals surface area contributed by atoms with Crippen molar-refractivity contribution in [2.75, 3.05) is 13.1 Å². The summed E-state index contributed by atoms with van der Waals surface area (Å²) in [5.41, 5.74) is 1.27. The number of aliphatic hydroxyl groups is 1. The Morgan fingerprint density at radius 2 is 1.74 bits per heavy atom. The molecule has 1 saturated heterocycles. The maximum absolute atomic E-state index is 13.7. The summed E-state index contributed by atoms with van der Waals surface area (Å²) < 4.78 is 0. The quantitative estimate of drug-likeness (QED) is 0.245. The van der Waals surface area contributed by atoms with Crippen LogP contribution in [0.15, 0.2) is 60.8 Å². The first-order valence-corrected chi connectivity index (χ1v) is 17.0. The minimum atomic E-state index is -0.934. The highest BCUT2D eigenvalue weighted by atomic mass is 16.3. The molecule has 1 saturated carbocycles. The van der Waals surface area contributed by atoms with Crippen LogP contribution in [0.5, 0.6) is 0 Å². The molecule has 1 aliphatic heterocycles. The van der Waals surface area contributed by atoms with Crippen molar-refractivity contribution >= 4 is 23.8 Å². The highest BCUT2D eigenvalue weighted by Gasteiger charge is 2.42. The zero-order valence-electron chi connectivity index (χ0n) is 28.0. The van der Waals surface area contributed by atoms with Crippen LogP contribution in [-0.4, -0.2) is 75.6 Å². The van der Waals surface area contributed by atoms with E-state index >= 15 is 0 Å². The largest absolute Gasteiger partial charge is 0.390 e. The Hall–Kier alpha value is -3.56. The van der Waals surface area contributed by atoms with Gasteiger partial charge in [-0.25, -0.2) is 0 Å². The van der Waals surface area contributed by atoms with Crippen molar-refractivity contribution in [3.8, 4) is 0 Å². The average molecular weight is 632 g/mol. The summed E-state index contributed by atoms with van der Waals surface area (Å²) in [6, 6.07) is 13.5. The third-order valence-corrected chi connectivity index (χ3v) is 9.12. The Labute approximate surface area is 274 Å². The van der Waals surface area contributed by atoms with E-state index in [9.17, 15) is 19.5 Å². The first kappa shape index (κ1) is 35.3. The summed E-state index contributed by atoms with van der Waals surface area (Å²) in [6.45, 7) is 8.95. The van der Waals surface area contributed by atoms with E-state index in [-0.39, 0.29) is 35.8 Å². The standard InChI is InChI=1S/C37H53N5O4/c1-5-13-30(39-34(44)20-19-29-18-11-12-21-38-29)35(45)40-31(22-26-14-7-6-8-15-26)33(43)25-42-24-28-17-10-9-16-27(28)23-32(42)36(46)41-37(2,3)4/h6-8,11-12,14-15,18-21,27-28,30-33,43H,5,9-10,13,16-17,22-25H2,1-4H3,(H,39,44)(H,40,45)(H,41,46)/b20-19+. The second kappa shape index (κ2) is 16.8. The number of amides is 3. The van der Waals surface area contributed by atoms with Crippen LogP contribution in [0.4, 0.5) is 0 Å². The van der Waals surface area contributed by atoms with E-state index in [2.05, 4.69) is 25.8 Å². The van der Waals surface area contributed by atoms with Crippen LogP contribution >= 0.6 is 0 Å². The van der Waals surface area contributed by atoms with Gasteiger partial charge in [0.25, 0.3) is 0 Å². The SMILES string of the molecule is CCCC(NC(=O)/C=C/c1ccccn1)C(=O)NC(Cc1ccccc1)C(O)CN1CC2CCCCC2CC1C(=O)NC(C)(C)C. The van der Waals surface area contributed by atoms with Crippen LogP contribution in [-0.2, 0) is 20.8 Å². The molecule has 4 N–H and O–H groups in total. The fraction of sp³-hybridized carbons (Fsp3) is 0.568. The van der Waals surface area contributed by atoms with E-state index < -0.39 is 18.2 Å². The molecule has 4 rings (SSSR count). The van der Waals surface area contributed by atoms with Crippen molar-refractivity contribution in [1.82, 2.24) is 25.8 Å². The summed E-state index contributed by atoms with van der Waals surface area (Å²) in [6.07, 6.45) is 10.7. The third-order valence-electron chi connectivity index (χ3n) is 9.12. The summed E-state index contributed by atoms with van der Waals surface area (Å²) in [7, 11) is 0. The van der Waals surface area contributed by atoms with Crippen LogP contribution in [0.25, 0.3) is 6.08 Å². The number of likely N-dealkylation sites (tertiary alicyclic amines) is 1. The van der Waals surface area contributed by atoms with Crippen molar-refractivity contribution in [1.29, 1.82) is 0 Å². The predicted octanol–water partition coefficient (Wildman–Crippen LogP) is 4.26. The van der Waals surface area contributed by atoms with Gasteiger partial charge in [0.1, 0.15) is 6.04 Å². The molecule has 9 nitrogen and oxygen atoms in total. The molecule has 0 radical (unpaired) electrons. The van der Waals surface area contributed by atoms with Crippen LogP contribution in [0.2, 0.25) is 0 Å². The molecule has 0 spiro atoms. The van der Waals surface area contributed by atoms with Gasteiger partial charge in [-0.05, 0) is 82.1 Å². The van der Waals surface area contributed by atoms with E-state index in [1.807, 2.05) is 64.1 Å². The number of hydrogen-bond acceptors (Lipinski definition) is 6. The monoisotopic (exact) mass is 631 g/mol. The fourth-order valence-corrected chi connectivity index (χ4v) is 6.84. The zero-order valence-corrected chi connectivity index (χ0v) is 28.0. The number of fused-ring (bicyclic) bond motifs is 1. The van der Waals surface area contributed by atoms with E-state index in [1.54, 1.807) is 24.4 Å². The number of nitrogens with one attached hydrogen (secondary N) is 3. The third kappa shape index (κ3) is 10.8. The van der Waals surface area contributed by atoms with E-state index in [4.69, 9.17) is 0 Å². The van der Waals surface area contributed by atoms with Gasteiger partial charge in [0.2, 0.25) is 17.7 Å². The molecule has 6 unspecified atom stereocenters. The Morgan fingerprint density at radius 1 is 1.02 bits per heavy atom. The lowest BCUT2D eigenvalue weighted by molar-refractivity contribution is -0.133. The number of nitrogens with zero attached hydrogens (tertiary/aromatic N) is 2. The molecule has 2 aromatic rings. The Morgan fingerprint density at radius 3 is 2.41 bits per heavy atom. The van der Waals surface area contributed by atoms with Crippen LogP contribution in [0, 0.1) is 11.8 Å². The normalized spacial score (nSPS) is 22.3. The lowest BCUT2D eigenvalue weighted by Crippen LogP contribution is -2.61. The molecule has 1 aromatic carbocycles. The number of β-amino-alcohol motifs (C(OH)–C–C–N with tert-alkyl or cyclic N) is 1. The van der Waals surface area contributed by atoms with Gasteiger partial charge in [0.15, 0.2) is 0 Å². The van der Waals surface area contributed by atoms with Crippen LogP contribution in [0.1, 0.15) is 83.9 Å². The minimum absolute atomic E-state index is 0.00292. The van der Waals surface area contributed by atoms with Gasteiger partial charge in [-0.1, -0.05) is 69.0 Å². The predicted molar refractivity (Wildman–Crippen MR) is 182 cm³/mol. The molecular formula is C37H53N5O4. The molecule has 2 fully saturated rings.